The fourth-order valence-corrected chi connectivity index (χ4v) is 4.06. The predicted octanol–water partition coefficient (Wildman–Crippen LogP) is 4.49. The molecule has 29 heavy (non-hydrogen) atoms. The van der Waals surface area contributed by atoms with Crippen LogP contribution >= 0.6 is 11.3 Å². The number of aromatic nitrogens is 1. The molecule has 1 amide bonds. The molecular weight excluding hydrogens is 386 g/mol. The lowest BCUT2D eigenvalue weighted by atomic mass is 9.99. The highest BCUT2D eigenvalue weighted by atomic mass is 32.1. The van der Waals surface area contributed by atoms with E-state index in [1.165, 1.54) is 16.9 Å². The van der Waals surface area contributed by atoms with E-state index in [0.29, 0.717) is 30.5 Å². The van der Waals surface area contributed by atoms with Gasteiger partial charge in [-0.25, -0.2) is 4.98 Å². The van der Waals surface area contributed by atoms with Gasteiger partial charge in [0.05, 0.1) is 13.7 Å². The number of anilines is 2. The standard InChI is InChI=1S/C22H23N3O3S/c1-3-28-19-7-4-15-10-11-25(13-16(15)12-19)21(26)20-14-29-22(24-20)23-17-5-8-18(27-2)9-6-17/h4-9,12,14H,3,10-11,13H2,1-2H3,(H,23,24). The van der Waals surface area contributed by atoms with Crippen LogP contribution in [0, 0.1) is 0 Å². The average Bonchev–Trinajstić information content (AvgIpc) is 3.22. The molecule has 150 valence electrons. The van der Waals surface area contributed by atoms with Crippen molar-refractivity contribution >= 4 is 28.1 Å². The normalized spacial score (nSPS) is 13.0. The fraction of sp³-hybridized carbons (Fsp3) is 0.273. The van der Waals surface area contributed by atoms with Crippen molar-refractivity contribution in [2.24, 2.45) is 0 Å². The van der Waals surface area contributed by atoms with Crippen molar-refractivity contribution in [1.29, 1.82) is 0 Å². The van der Waals surface area contributed by atoms with Gasteiger partial charge in [-0.15, -0.1) is 11.3 Å². The van der Waals surface area contributed by atoms with Crippen LogP contribution in [-0.2, 0) is 13.0 Å². The van der Waals surface area contributed by atoms with Crippen molar-refractivity contribution in [3.8, 4) is 11.5 Å². The molecule has 1 N–H and O–H groups in total. The number of methoxy groups -OCH3 is 1. The van der Waals surface area contributed by atoms with Crippen molar-refractivity contribution in [2.75, 3.05) is 25.6 Å². The molecule has 4 rings (SSSR count). The van der Waals surface area contributed by atoms with Gasteiger partial charge in [0.25, 0.3) is 5.91 Å². The van der Waals surface area contributed by atoms with Crippen LogP contribution in [0.3, 0.4) is 0 Å². The van der Waals surface area contributed by atoms with Gasteiger partial charge in [0.1, 0.15) is 17.2 Å². The maximum absolute atomic E-state index is 13.0. The summed E-state index contributed by atoms with van der Waals surface area (Å²) in [4.78, 5) is 19.3. The summed E-state index contributed by atoms with van der Waals surface area (Å²) in [6, 6.07) is 13.7. The van der Waals surface area contributed by atoms with Gasteiger partial charge in [-0.3, -0.25) is 4.79 Å². The first-order chi connectivity index (χ1) is 14.2. The molecule has 7 heteroatoms. The number of ether oxygens (including phenoxy) is 2. The predicted molar refractivity (Wildman–Crippen MR) is 114 cm³/mol. The van der Waals surface area contributed by atoms with Gasteiger partial charge in [0, 0.05) is 24.2 Å². The van der Waals surface area contributed by atoms with E-state index in [1.54, 1.807) is 12.5 Å². The topological polar surface area (TPSA) is 63.7 Å². The minimum Gasteiger partial charge on any atom is -0.497 e. The van der Waals surface area contributed by atoms with E-state index in [4.69, 9.17) is 9.47 Å². The third kappa shape index (κ3) is 4.35. The van der Waals surface area contributed by atoms with Crippen LogP contribution in [-0.4, -0.2) is 36.1 Å². The van der Waals surface area contributed by atoms with E-state index in [9.17, 15) is 4.79 Å². The van der Waals surface area contributed by atoms with Crippen LogP contribution < -0.4 is 14.8 Å². The Morgan fingerprint density at radius 2 is 1.97 bits per heavy atom. The highest BCUT2D eigenvalue weighted by Crippen LogP contribution is 2.27. The molecule has 0 radical (unpaired) electrons. The molecule has 0 saturated carbocycles. The summed E-state index contributed by atoms with van der Waals surface area (Å²) in [5, 5.41) is 5.73. The highest BCUT2D eigenvalue weighted by Gasteiger charge is 2.24. The zero-order valence-corrected chi connectivity index (χ0v) is 17.3. The van der Waals surface area contributed by atoms with Crippen LogP contribution in [0.2, 0.25) is 0 Å². The Bertz CT molecular complexity index is 1000. The number of rotatable bonds is 6. The number of hydrogen-bond donors (Lipinski definition) is 1. The van der Waals surface area contributed by atoms with E-state index >= 15 is 0 Å². The van der Waals surface area contributed by atoms with Crippen LogP contribution in [0.4, 0.5) is 10.8 Å². The molecule has 0 unspecified atom stereocenters. The van der Waals surface area contributed by atoms with E-state index in [0.717, 1.165) is 29.2 Å². The van der Waals surface area contributed by atoms with E-state index < -0.39 is 0 Å². The first-order valence-electron chi connectivity index (χ1n) is 9.56. The number of amides is 1. The van der Waals surface area contributed by atoms with Gasteiger partial charge < -0.3 is 19.7 Å². The molecule has 0 atom stereocenters. The maximum atomic E-state index is 13.0. The second kappa shape index (κ2) is 8.53. The second-order valence-corrected chi connectivity index (χ2v) is 7.59. The zero-order chi connectivity index (χ0) is 20.2. The summed E-state index contributed by atoms with van der Waals surface area (Å²) in [6.45, 7) is 3.87. The lowest BCUT2D eigenvalue weighted by molar-refractivity contribution is 0.0729. The molecule has 0 fully saturated rings. The zero-order valence-electron chi connectivity index (χ0n) is 16.5. The Morgan fingerprint density at radius 3 is 2.72 bits per heavy atom. The van der Waals surface area contributed by atoms with E-state index in [2.05, 4.69) is 16.4 Å². The second-order valence-electron chi connectivity index (χ2n) is 6.73. The molecule has 0 saturated heterocycles. The molecule has 1 aliphatic heterocycles. The Kier molecular flexibility index (Phi) is 5.67. The SMILES string of the molecule is CCOc1ccc2c(c1)CN(C(=O)c1csc(Nc3ccc(OC)cc3)n1)CC2. The number of thiazole rings is 1. The molecule has 0 spiro atoms. The van der Waals surface area contributed by atoms with Gasteiger partial charge in [-0.2, -0.15) is 0 Å². The van der Waals surface area contributed by atoms with Gasteiger partial charge in [-0.05, 0) is 60.9 Å². The Labute approximate surface area is 174 Å². The van der Waals surface area contributed by atoms with Gasteiger partial charge in [-0.1, -0.05) is 6.07 Å². The lowest BCUT2D eigenvalue weighted by Gasteiger charge is -2.28. The summed E-state index contributed by atoms with van der Waals surface area (Å²) >= 11 is 1.42. The minimum atomic E-state index is -0.0449. The lowest BCUT2D eigenvalue weighted by Crippen LogP contribution is -2.36. The van der Waals surface area contributed by atoms with Crippen molar-refractivity contribution < 1.29 is 14.3 Å². The number of hydrogen-bond acceptors (Lipinski definition) is 6. The third-order valence-electron chi connectivity index (χ3n) is 4.85. The number of carbonyl (C=O) groups excluding carboxylic acids is 1. The quantitative estimate of drug-likeness (QED) is 0.650. The highest BCUT2D eigenvalue weighted by molar-refractivity contribution is 7.14. The van der Waals surface area contributed by atoms with Crippen LogP contribution in [0.5, 0.6) is 11.5 Å². The number of benzene rings is 2. The van der Waals surface area contributed by atoms with Crippen molar-refractivity contribution in [3.05, 3.63) is 64.7 Å². The van der Waals surface area contributed by atoms with E-state index in [1.807, 2.05) is 48.2 Å². The fourth-order valence-electron chi connectivity index (χ4n) is 3.35. The minimum absolute atomic E-state index is 0.0449. The molecule has 1 aliphatic rings. The summed E-state index contributed by atoms with van der Waals surface area (Å²) in [6.07, 6.45) is 0.842. The Hall–Kier alpha value is -3.06. The number of fused-ring (bicyclic) bond motifs is 1. The molecule has 1 aromatic heterocycles. The molecular formula is C22H23N3O3S. The van der Waals surface area contributed by atoms with Crippen molar-refractivity contribution in [2.45, 2.75) is 19.9 Å². The number of nitrogens with zero attached hydrogens (tertiary/aromatic N) is 2. The molecule has 2 aromatic carbocycles. The Balaban J connectivity index is 1.44. The average molecular weight is 410 g/mol. The van der Waals surface area contributed by atoms with Crippen LogP contribution in [0.1, 0.15) is 28.5 Å². The first-order valence-corrected chi connectivity index (χ1v) is 10.4. The summed E-state index contributed by atoms with van der Waals surface area (Å²) in [7, 11) is 1.64. The van der Waals surface area contributed by atoms with Gasteiger partial charge in [0.15, 0.2) is 5.13 Å². The molecule has 3 aromatic rings. The number of carbonyl (C=O) groups is 1. The molecule has 6 nitrogen and oxygen atoms in total. The monoisotopic (exact) mass is 409 g/mol. The maximum Gasteiger partial charge on any atom is 0.273 e. The van der Waals surface area contributed by atoms with Crippen molar-refractivity contribution in [1.82, 2.24) is 9.88 Å². The summed E-state index contributed by atoms with van der Waals surface area (Å²) in [5.74, 6) is 1.60. The first kappa shape index (κ1) is 19.3. The molecule has 2 heterocycles. The van der Waals surface area contributed by atoms with Crippen molar-refractivity contribution in [3.63, 3.8) is 0 Å². The van der Waals surface area contributed by atoms with Crippen LogP contribution in [0.25, 0.3) is 0 Å². The van der Waals surface area contributed by atoms with Gasteiger partial charge >= 0.3 is 0 Å². The summed E-state index contributed by atoms with van der Waals surface area (Å²) in [5.41, 5.74) is 3.78. The molecule has 0 aliphatic carbocycles. The summed E-state index contributed by atoms with van der Waals surface area (Å²) < 4.78 is 10.8. The van der Waals surface area contributed by atoms with E-state index in [-0.39, 0.29) is 5.91 Å². The largest absolute Gasteiger partial charge is 0.497 e. The number of nitrogens with one attached hydrogen (secondary N) is 1. The van der Waals surface area contributed by atoms with Crippen LogP contribution in [0.15, 0.2) is 47.8 Å². The third-order valence-corrected chi connectivity index (χ3v) is 5.61. The smallest absolute Gasteiger partial charge is 0.273 e. The Morgan fingerprint density at radius 1 is 1.17 bits per heavy atom. The van der Waals surface area contributed by atoms with Gasteiger partial charge in [0.2, 0.25) is 0 Å². The molecule has 0 bridgehead atoms.